The molecular weight excluding hydrogens is 483 g/mol. The van der Waals surface area contributed by atoms with Crippen LogP contribution in [0.25, 0.3) is 11.3 Å². The quantitative estimate of drug-likeness (QED) is 0.512. The Hall–Kier alpha value is -2.82. The fourth-order valence-electron chi connectivity index (χ4n) is 4.03. The Bertz CT molecular complexity index is 1260. The number of sulfonamides is 1. The zero-order chi connectivity index (χ0) is 23.8. The molecule has 0 radical (unpaired) electrons. The Balaban J connectivity index is 0.00000324. The zero-order valence-electron chi connectivity index (χ0n) is 19.3. The van der Waals surface area contributed by atoms with Crippen LogP contribution < -0.4 is 19.7 Å². The Morgan fingerprint density at radius 2 is 1.88 bits per heavy atom. The maximum Gasteiger partial charge on any atom is 0.262 e. The highest BCUT2D eigenvalue weighted by Crippen LogP contribution is 2.31. The van der Waals surface area contributed by atoms with Crippen molar-refractivity contribution < 1.29 is 22.0 Å². The van der Waals surface area contributed by atoms with Gasteiger partial charge in [0.25, 0.3) is 10.0 Å². The minimum absolute atomic E-state index is 0. The Labute approximate surface area is 205 Å². The molecule has 1 aliphatic rings. The number of anilines is 2. The molecular formula is C23H28ClFN4O4S. The first-order valence-electron chi connectivity index (χ1n) is 10.6. The molecule has 184 valence electrons. The summed E-state index contributed by atoms with van der Waals surface area (Å²) in [5.41, 5.74) is 1.13. The van der Waals surface area contributed by atoms with Gasteiger partial charge in [-0.2, -0.15) is 0 Å². The van der Waals surface area contributed by atoms with Gasteiger partial charge in [0.15, 0.2) is 0 Å². The zero-order valence-corrected chi connectivity index (χ0v) is 21.0. The third-order valence-corrected chi connectivity index (χ3v) is 6.82. The number of rotatable bonds is 6. The molecule has 8 nitrogen and oxygen atoms in total. The lowest BCUT2D eigenvalue weighted by Gasteiger charge is -2.37. The first kappa shape index (κ1) is 25.8. The van der Waals surface area contributed by atoms with Crippen LogP contribution in [0.3, 0.4) is 0 Å². The molecule has 3 aromatic rings. The number of pyridine rings is 1. The SMILES string of the molecule is COc1ncc(N2C[C@@H](C)N[C@@H](C)C2)cc1NS(=O)(=O)c1ccc(-c2ccc(C)o2)c(F)c1.Cl. The lowest BCUT2D eigenvalue weighted by Crippen LogP contribution is -2.54. The molecule has 0 unspecified atom stereocenters. The summed E-state index contributed by atoms with van der Waals surface area (Å²) in [6.07, 6.45) is 1.65. The number of aryl methyl sites for hydroxylation is 1. The van der Waals surface area contributed by atoms with Crippen LogP contribution in [-0.2, 0) is 10.0 Å². The summed E-state index contributed by atoms with van der Waals surface area (Å²) in [6, 6.07) is 9.28. The number of piperazine rings is 1. The topological polar surface area (TPSA) is 96.7 Å². The Kier molecular flexibility index (Phi) is 7.74. The van der Waals surface area contributed by atoms with E-state index in [4.69, 9.17) is 9.15 Å². The van der Waals surface area contributed by atoms with E-state index >= 15 is 0 Å². The second-order valence-corrected chi connectivity index (χ2v) is 9.96. The molecule has 11 heteroatoms. The van der Waals surface area contributed by atoms with Crippen LogP contribution in [0.15, 0.2) is 51.9 Å². The van der Waals surface area contributed by atoms with Crippen LogP contribution in [0.2, 0.25) is 0 Å². The number of ether oxygens (including phenoxy) is 1. The van der Waals surface area contributed by atoms with Crippen LogP contribution in [0.1, 0.15) is 19.6 Å². The van der Waals surface area contributed by atoms with Crippen LogP contribution >= 0.6 is 12.4 Å². The van der Waals surface area contributed by atoms with Crippen molar-refractivity contribution in [2.75, 3.05) is 29.8 Å². The van der Waals surface area contributed by atoms with Gasteiger partial charge >= 0.3 is 0 Å². The van der Waals surface area contributed by atoms with Gasteiger partial charge in [-0.15, -0.1) is 12.4 Å². The molecule has 34 heavy (non-hydrogen) atoms. The second kappa shape index (κ2) is 10.2. The maximum atomic E-state index is 14.7. The smallest absolute Gasteiger partial charge is 0.262 e. The van der Waals surface area contributed by atoms with Gasteiger partial charge in [-0.25, -0.2) is 17.8 Å². The lowest BCUT2D eigenvalue weighted by atomic mass is 10.1. The van der Waals surface area contributed by atoms with Gasteiger partial charge in [-0.3, -0.25) is 4.72 Å². The first-order valence-corrected chi connectivity index (χ1v) is 12.1. The van der Waals surface area contributed by atoms with Gasteiger partial charge in [0.1, 0.15) is 23.0 Å². The number of nitrogens with one attached hydrogen (secondary N) is 2. The van der Waals surface area contributed by atoms with Crippen LogP contribution in [-0.4, -0.2) is 45.7 Å². The number of aromatic nitrogens is 1. The number of furan rings is 1. The van der Waals surface area contributed by atoms with E-state index in [0.29, 0.717) is 11.5 Å². The van der Waals surface area contributed by atoms with Crippen molar-refractivity contribution in [1.29, 1.82) is 0 Å². The summed E-state index contributed by atoms with van der Waals surface area (Å²) in [4.78, 5) is 6.19. The fraction of sp³-hybridized carbons (Fsp3) is 0.348. The van der Waals surface area contributed by atoms with Gasteiger partial charge < -0.3 is 19.4 Å². The molecule has 0 saturated carbocycles. The molecule has 0 amide bonds. The molecule has 1 fully saturated rings. The number of methoxy groups -OCH3 is 1. The molecule has 1 aromatic carbocycles. The maximum absolute atomic E-state index is 14.7. The van der Waals surface area contributed by atoms with Gasteiger partial charge in [0.2, 0.25) is 5.88 Å². The van der Waals surface area contributed by atoms with Crippen molar-refractivity contribution >= 4 is 33.8 Å². The van der Waals surface area contributed by atoms with Gasteiger partial charge in [0.05, 0.1) is 29.5 Å². The highest BCUT2D eigenvalue weighted by molar-refractivity contribution is 7.92. The van der Waals surface area contributed by atoms with Gasteiger partial charge in [0, 0.05) is 25.2 Å². The molecule has 1 aliphatic heterocycles. The third-order valence-electron chi connectivity index (χ3n) is 5.45. The van der Waals surface area contributed by atoms with E-state index < -0.39 is 15.8 Å². The van der Waals surface area contributed by atoms with Crippen molar-refractivity contribution in [2.24, 2.45) is 0 Å². The number of nitrogens with zero attached hydrogens (tertiary/aromatic N) is 2. The Morgan fingerprint density at radius 3 is 2.47 bits per heavy atom. The lowest BCUT2D eigenvalue weighted by molar-refractivity contribution is 0.397. The van der Waals surface area contributed by atoms with Crippen LogP contribution in [0.4, 0.5) is 15.8 Å². The summed E-state index contributed by atoms with van der Waals surface area (Å²) in [5.74, 6) is 0.395. The van der Waals surface area contributed by atoms with Gasteiger partial charge in [-0.1, -0.05) is 0 Å². The van der Waals surface area contributed by atoms with Crippen LogP contribution in [0, 0.1) is 12.7 Å². The van der Waals surface area contributed by atoms with E-state index in [9.17, 15) is 12.8 Å². The molecule has 0 bridgehead atoms. The summed E-state index contributed by atoms with van der Waals surface area (Å²) < 4.78 is 54.1. The predicted molar refractivity (Wildman–Crippen MR) is 132 cm³/mol. The van der Waals surface area contributed by atoms with E-state index in [1.165, 1.54) is 19.2 Å². The fourth-order valence-corrected chi connectivity index (χ4v) is 5.09. The van der Waals surface area contributed by atoms with E-state index in [2.05, 4.69) is 33.8 Å². The highest BCUT2D eigenvalue weighted by Gasteiger charge is 2.24. The normalized spacial score (nSPS) is 18.3. The average Bonchev–Trinajstić information content (AvgIpc) is 3.18. The number of halogens is 2. The molecule has 2 N–H and O–H groups in total. The molecule has 0 aliphatic carbocycles. The van der Waals surface area contributed by atoms with Crippen molar-refractivity contribution in [3.63, 3.8) is 0 Å². The van der Waals surface area contributed by atoms with E-state index in [1.54, 1.807) is 31.3 Å². The molecule has 2 atom stereocenters. The monoisotopic (exact) mass is 510 g/mol. The van der Waals surface area contributed by atoms with Crippen molar-refractivity contribution in [3.8, 4) is 17.2 Å². The average molecular weight is 511 g/mol. The molecule has 0 spiro atoms. The summed E-state index contributed by atoms with van der Waals surface area (Å²) in [5, 5.41) is 3.46. The second-order valence-electron chi connectivity index (χ2n) is 8.28. The van der Waals surface area contributed by atoms with E-state index in [-0.39, 0.29) is 46.5 Å². The van der Waals surface area contributed by atoms with Gasteiger partial charge in [-0.05, 0) is 57.2 Å². The molecule has 2 aromatic heterocycles. The van der Waals surface area contributed by atoms with E-state index in [1.807, 2.05) is 0 Å². The predicted octanol–water partition coefficient (Wildman–Crippen LogP) is 4.21. The largest absolute Gasteiger partial charge is 0.479 e. The van der Waals surface area contributed by atoms with Crippen molar-refractivity contribution in [1.82, 2.24) is 10.3 Å². The third kappa shape index (κ3) is 5.45. The molecule has 3 heterocycles. The Morgan fingerprint density at radius 1 is 1.18 bits per heavy atom. The number of benzene rings is 1. The highest BCUT2D eigenvalue weighted by atomic mass is 35.5. The number of hydrogen-bond acceptors (Lipinski definition) is 7. The first-order chi connectivity index (χ1) is 15.7. The minimum atomic E-state index is -4.10. The summed E-state index contributed by atoms with van der Waals surface area (Å²) >= 11 is 0. The standard InChI is InChI=1S/C23H27FN4O4S.ClH/c1-14-12-28(13-15(2)26-14)17-9-21(23(31-4)25-11-17)27-33(29,30)18-6-7-19(20(24)10-18)22-8-5-16(3)32-22;/h5-11,14-15,26-27H,12-13H2,1-4H3;1H/t14-,15+;. The van der Waals surface area contributed by atoms with E-state index in [0.717, 1.165) is 24.8 Å². The number of hydrogen-bond donors (Lipinski definition) is 2. The molecule has 1 saturated heterocycles. The minimum Gasteiger partial charge on any atom is -0.479 e. The summed E-state index contributed by atoms with van der Waals surface area (Å²) in [6.45, 7) is 7.44. The van der Waals surface area contributed by atoms with Crippen molar-refractivity contribution in [3.05, 3.63) is 54.2 Å². The van der Waals surface area contributed by atoms with Crippen molar-refractivity contribution in [2.45, 2.75) is 37.8 Å². The van der Waals surface area contributed by atoms with Crippen LogP contribution in [0.5, 0.6) is 5.88 Å². The summed E-state index contributed by atoms with van der Waals surface area (Å²) in [7, 11) is -2.69. The molecule has 4 rings (SSSR count).